The molecule has 0 unspecified atom stereocenters. The fraction of sp³-hybridized carbons (Fsp3) is 0.467. The van der Waals surface area contributed by atoms with Crippen LogP contribution in [0.4, 0.5) is 5.69 Å². The molecule has 0 saturated heterocycles. The van der Waals surface area contributed by atoms with Crippen molar-refractivity contribution < 1.29 is 4.79 Å². The Bertz CT molecular complexity index is 644. The maximum atomic E-state index is 12.0. The number of anilines is 1. The van der Waals surface area contributed by atoms with Crippen molar-refractivity contribution in [2.45, 2.75) is 31.4 Å². The van der Waals surface area contributed by atoms with Gasteiger partial charge in [-0.05, 0) is 48.2 Å². The standard InChI is InChI=1S/C15H21N5OS2/c1-11(2)20-14(17-18-19-20)9-23-10-15(21)16-13-6-4-5-12(7-13)8-22-3/h4-7,11H,8-10H2,1-3H3,(H,16,21). The molecule has 6 nitrogen and oxygen atoms in total. The average Bonchev–Trinajstić information content (AvgIpc) is 2.96. The van der Waals surface area contributed by atoms with Gasteiger partial charge in [-0.2, -0.15) is 11.8 Å². The fourth-order valence-electron chi connectivity index (χ4n) is 2.05. The van der Waals surface area contributed by atoms with Crippen molar-refractivity contribution in [3.8, 4) is 0 Å². The van der Waals surface area contributed by atoms with E-state index in [9.17, 15) is 4.79 Å². The molecule has 0 aliphatic rings. The van der Waals surface area contributed by atoms with Gasteiger partial charge in [0.25, 0.3) is 0 Å². The largest absolute Gasteiger partial charge is 0.325 e. The van der Waals surface area contributed by atoms with Crippen molar-refractivity contribution in [3.63, 3.8) is 0 Å². The van der Waals surface area contributed by atoms with E-state index in [-0.39, 0.29) is 11.9 Å². The highest BCUT2D eigenvalue weighted by Gasteiger charge is 2.10. The number of amides is 1. The molecule has 1 N–H and O–H groups in total. The Morgan fingerprint density at radius 1 is 1.35 bits per heavy atom. The second-order valence-electron chi connectivity index (χ2n) is 5.31. The van der Waals surface area contributed by atoms with E-state index in [4.69, 9.17) is 0 Å². The minimum absolute atomic E-state index is 0.0140. The summed E-state index contributed by atoms with van der Waals surface area (Å²) in [6.07, 6.45) is 2.06. The molecule has 0 radical (unpaired) electrons. The smallest absolute Gasteiger partial charge is 0.234 e. The molecule has 0 fully saturated rings. The first-order valence-corrected chi connectivity index (χ1v) is 9.87. The van der Waals surface area contributed by atoms with Gasteiger partial charge in [0, 0.05) is 11.4 Å². The number of aromatic nitrogens is 4. The van der Waals surface area contributed by atoms with E-state index in [2.05, 4.69) is 33.2 Å². The van der Waals surface area contributed by atoms with Crippen LogP contribution in [0, 0.1) is 0 Å². The normalized spacial score (nSPS) is 11.0. The molecule has 1 aromatic carbocycles. The molecule has 23 heavy (non-hydrogen) atoms. The van der Waals surface area contributed by atoms with E-state index in [1.807, 2.05) is 32.0 Å². The van der Waals surface area contributed by atoms with Crippen LogP contribution in [0.3, 0.4) is 0 Å². The number of nitrogens with zero attached hydrogens (tertiary/aromatic N) is 4. The molecule has 0 bridgehead atoms. The van der Waals surface area contributed by atoms with Crippen LogP contribution in [0.5, 0.6) is 0 Å². The summed E-state index contributed by atoms with van der Waals surface area (Å²) < 4.78 is 1.77. The molecule has 1 heterocycles. The van der Waals surface area contributed by atoms with Crippen LogP contribution in [-0.2, 0) is 16.3 Å². The summed E-state index contributed by atoms with van der Waals surface area (Å²) in [7, 11) is 0. The van der Waals surface area contributed by atoms with Gasteiger partial charge in [-0.1, -0.05) is 12.1 Å². The maximum absolute atomic E-state index is 12.0. The summed E-state index contributed by atoms with van der Waals surface area (Å²) in [6, 6.07) is 8.16. The first-order valence-electron chi connectivity index (χ1n) is 7.32. The van der Waals surface area contributed by atoms with Gasteiger partial charge < -0.3 is 5.32 Å². The molecule has 2 rings (SSSR count). The van der Waals surface area contributed by atoms with Crippen molar-refractivity contribution in [3.05, 3.63) is 35.7 Å². The highest BCUT2D eigenvalue weighted by Crippen LogP contribution is 2.16. The molecule has 1 amide bonds. The van der Waals surface area contributed by atoms with E-state index in [1.165, 1.54) is 17.3 Å². The van der Waals surface area contributed by atoms with Crippen LogP contribution in [0.25, 0.3) is 0 Å². The van der Waals surface area contributed by atoms with Crippen LogP contribution in [0.2, 0.25) is 0 Å². The topological polar surface area (TPSA) is 72.7 Å². The van der Waals surface area contributed by atoms with E-state index in [1.54, 1.807) is 16.4 Å². The molecule has 0 aliphatic heterocycles. The monoisotopic (exact) mass is 351 g/mol. The third-order valence-corrected chi connectivity index (χ3v) is 4.59. The lowest BCUT2D eigenvalue weighted by molar-refractivity contribution is -0.113. The Labute approximate surface area is 144 Å². The zero-order valence-electron chi connectivity index (χ0n) is 13.5. The Balaban J connectivity index is 1.81. The van der Waals surface area contributed by atoms with Gasteiger partial charge in [0.2, 0.25) is 5.91 Å². The molecule has 1 aromatic heterocycles. The molecule has 0 aliphatic carbocycles. The number of rotatable bonds is 8. The van der Waals surface area contributed by atoms with Crippen molar-refractivity contribution in [2.75, 3.05) is 17.3 Å². The number of nitrogens with one attached hydrogen (secondary N) is 1. The van der Waals surface area contributed by atoms with Gasteiger partial charge in [0.15, 0.2) is 5.82 Å². The molecule has 2 aromatic rings. The first kappa shape index (κ1) is 17.8. The van der Waals surface area contributed by atoms with Crippen LogP contribution in [0.15, 0.2) is 24.3 Å². The van der Waals surface area contributed by atoms with Gasteiger partial charge in [-0.15, -0.1) is 16.9 Å². The van der Waals surface area contributed by atoms with Crippen LogP contribution in [-0.4, -0.2) is 38.1 Å². The van der Waals surface area contributed by atoms with Gasteiger partial charge in [0.1, 0.15) is 0 Å². The highest BCUT2D eigenvalue weighted by atomic mass is 32.2. The molecule has 0 saturated carbocycles. The van der Waals surface area contributed by atoms with Gasteiger partial charge in [-0.25, -0.2) is 4.68 Å². The molecule has 0 atom stereocenters. The van der Waals surface area contributed by atoms with E-state index in [0.717, 1.165) is 17.3 Å². The lowest BCUT2D eigenvalue weighted by atomic mass is 10.2. The Hall–Kier alpha value is -1.54. The van der Waals surface area contributed by atoms with Crippen molar-refractivity contribution in [1.29, 1.82) is 0 Å². The molecular weight excluding hydrogens is 330 g/mol. The number of tetrazole rings is 1. The lowest BCUT2D eigenvalue weighted by Gasteiger charge is -2.08. The quantitative estimate of drug-likeness (QED) is 0.788. The minimum Gasteiger partial charge on any atom is -0.325 e. The van der Waals surface area contributed by atoms with Crippen molar-refractivity contribution in [2.24, 2.45) is 0 Å². The third-order valence-electron chi connectivity index (χ3n) is 3.04. The molecular formula is C15H21N5OS2. The Morgan fingerprint density at radius 2 is 2.17 bits per heavy atom. The number of hydrogen-bond donors (Lipinski definition) is 1. The zero-order valence-corrected chi connectivity index (χ0v) is 15.2. The summed E-state index contributed by atoms with van der Waals surface area (Å²) >= 11 is 3.27. The highest BCUT2D eigenvalue weighted by molar-refractivity contribution is 7.99. The summed E-state index contributed by atoms with van der Waals surface area (Å²) in [5, 5.41) is 14.6. The molecule has 8 heteroatoms. The van der Waals surface area contributed by atoms with Crippen molar-refractivity contribution in [1.82, 2.24) is 20.2 Å². The van der Waals surface area contributed by atoms with E-state index in [0.29, 0.717) is 11.5 Å². The summed E-state index contributed by atoms with van der Waals surface area (Å²) in [6.45, 7) is 4.05. The number of carbonyl (C=O) groups is 1. The second-order valence-corrected chi connectivity index (χ2v) is 7.16. The predicted molar refractivity (Wildman–Crippen MR) is 96.7 cm³/mol. The SMILES string of the molecule is CSCc1cccc(NC(=O)CSCc2nnnn2C(C)C)c1. The van der Waals surface area contributed by atoms with Gasteiger partial charge >= 0.3 is 0 Å². The number of benzene rings is 1. The Morgan fingerprint density at radius 3 is 2.91 bits per heavy atom. The number of carbonyl (C=O) groups excluding carboxylic acids is 1. The maximum Gasteiger partial charge on any atom is 0.234 e. The summed E-state index contributed by atoms with van der Waals surface area (Å²) in [5.41, 5.74) is 2.05. The molecule has 124 valence electrons. The second kappa shape index (κ2) is 8.93. The first-order chi connectivity index (χ1) is 11.1. The van der Waals surface area contributed by atoms with Crippen LogP contribution >= 0.6 is 23.5 Å². The number of hydrogen-bond acceptors (Lipinski definition) is 6. The zero-order chi connectivity index (χ0) is 16.7. The lowest BCUT2D eigenvalue weighted by Crippen LogP contribution is -2.15. The van der Waals surface area contributed by atoms with Crippen LogP contribution < -0.4 is 5.32 Å². The predicted octanol–water partition coefficient (Wildman–Crippen LogP) is 2.99. The van der Waals surface area contributed by atoms with Gasteiger partial charge in [0.05, 0.1) is 17.5 Å². The minimum atomic E-state index is -0.0140. The van der Waals surface area contributed by atoms with E-state index < -0.39 is 0 Å². The van der Waals surface area contributed by atoms with Crippen LogP contribution in [0.1, 0.15) is 31.3 Å². The van der Waals surface area contributed by atoms with E-state index >= 15 is 0 Å². The van der Waals surface area contributed by atoms with Crippen molar-refractivity contribution >= 4 is 35.1 Å². The summed E-state index contributed by atoms with van der Waals surface area (Å²) in [4.78, 5) is 12.0. The molecule has 0 spiro atoms. The Kier molecular flexibility index (Phi) is 6.91. The fourth-order valence-corrected chi connectivity index (χ4v) is 3.29. The average molecular weight is 352 g/mol. The van der Waals surface area contributed by atoms with Gasteiger partial charge in [-0.3, -0.25) is 4.79 Å². The summed E-state index contributed by atoms with van der Waals surface area (Å²) in [5.74, 6) is 2.71. The third kappa shape index (κ3) is 5.54. The number of thioether (sulfide) groups is 2.